The normalized spacial score (nSPS) is 15.7. The lowest BCUT2D eigenvalue weighted by Crippen LogP contribution is -2.19. The Hall–Kier alpha value is -2.44. The fraction of sp³-hybridized carbons (Fsp3) is 0.0370. The second-order valence-corrected chi connectivity index (χ2v) is 11.0. The van der Waals surface area contributed by atoms with E-state index in [2.05, 4.69) is 79.8 Å². The monoisotopic (exact) mass is 706 g/mol. The van der Waals surface area contributed by atoms with Crippen molar-refractivity contribution < 1.29 is 13.9 Å². The van der Waals surface area contributed by atoms with Gasteiger partial charge in [0.25, 0.3) is 5.91 Å². The number of amides is 1. The van der Waals surface area contributed by atoms with Crippen molar-refractivity contribution in [3.63, 3.8) is 0 Å². The van der Waals surface area contributed by atoms with Crippen LogP contribution in [-0.4, -0.2) is 11.1 Å². The van der Waals surface area contributed by atoms with Crippen LogP contribution >= 0.6 is 56.9 Å². The van der Waals surface area contributed by atoms with E-state index in [1.165, 1.54) is 28.6 Å². The van der Waals surface area contributed by atoms with Crippen LogP contribution in [0.1, 0.15) is 11.1 Å². The zero-order valence-electron chi connectivity index (χ0n) is 18.1. The lowest BCUT2D eigenvalue weighted by molar-refractivity contribution is -0.115. The number of carbonyl (C=O) groups excluding carboxylic acids is 1. The molecule has 5 rings (SSSR count). The summed E-state index contributed by atoms with van der Waals surface area (Å²) in [7, 11) is 0. The van der Waals surface area contributed by atoms with Gasteiger partial charge in [-0.3, -0.25) is 4.79 Å². The molecule has 0 bridgehead atoms. The van der Waals surface area contributed by atoms with Gasteiger partial charge in [0, 0.05) is 0 Å². The summed E-state index contributed by atoms with van der Waals surface area (Å²) in [5.41, 5.74) is 2.19. The average molecular weight is 706 g/mol. The highest BCUT2D eigenvalue weighted by Gasteiger charge is 2.24. The summed E-state index contributed by atoms with van der Waals surface area (Å²) in [6.07, 6.45) is 1.81. The van der Waals surface area contributed by atoms with E-state index in [0.29, 0.717) is 16.7 Å². The molecule has 1 saturated heterocycles. The third-order valence-electron chi connectivity index (χ3n) is 5.30. The molecular formula is C27H17FI2N2O2S. The number of halogens is 3. The Kier molecular flexibility index (Phi) is 7.40. The van der Waals surface area contributed by atoms with Gasteiger partial charge in [0.05, 0.1) is 12.0 Å². The molecule has 0 aromatic heterocycles. The van der Waals surface area contributed by atoms with E-state index in [1.807, 2.05) is 36.4 Å². The maximum absolute atomic E-state index is 13.9. The lowest BCUT2D eigenvalue weighted by Gasteiger charge is -2.13. The molecule has 1 aliphatic heterocycles. The molecule has 0 saturated carbocycles. The van der Waals surface area contributed by atoms with Gasteiger partial charge in [-0.25, -0.2) is 9.38 Å². The van der Waals surface area contributed by atoms with Crippen LogP contribution in [0, 0.1) is 13.0 Å². The second kappa shape index (κ2) is 10.7. The molecule has 1 N–H and O–H groups in total. The third kappa shape index (κ3) is 5.54. The molecule has 1 aliphatic rings. The second-order valence-electron chi connectivity index (χ2n) is 7.67. The number of fused-ring (bicyclic) bond motifs is 1. The van der Waals surface area contributed by atoms with Gasteiger partial charge in [0.1, 0.15) is 23.9 Å². The highest BCUT2D eigenvalue weighted by Crippen LogP contribution is 2.34. The number of ether oxygens (including phenoxy) is 1. The Morgan fingerprint density at radius 3 is 2.49 bits per heavy atom. The Bertz CT molecular complexity index is 1490. The summed E-state index contributed by atoms with van der Waals surface area (Å²) in [5.74, 6) is 0.119. The van der Waals surface area contributed by atoms with Gasteiger partial charge in [-0.2, -0.15) is 0 Å². The molecular weight excluding hydrogens is 689 g/mol. The minimum absolute atomic E-state index is 0.188. The molecule has 174 valence electrons. The molecule has 4 aromatic rings. The quantitative estimate of drug-likeness (QED) is 0.171. The SMILES string of the molecule is O=C1NC(=Nc2ccccc2F)S/C1=C\c1cc(I)c(OCc2cccc3ccccc23)c(I)c1. The molecule has 1 heterocycles. The summed E-state index contributed by atoms with van der Waals surface area (Å²) < 4.78 is 22.0. The third-order valence-corrected chi connectivity index (χ3v) is 7.81. The zero-order chi connectivity index (χ0) is 24.4. The number of thioether (sulfide) groups is 1. The van der Waals surface area contributed by atoms with Gasteiger partial charge >= 0.3 is 0 Å². The number of rotatable bonds is 5. The predicted octanol–water partition coefficient (Wildman–Crippen LogP) is 7.66. The maximum atomic E-state index is 13.9. The van der Waals surface area contributed by atoms with Crippen LogP contribution < -0.4 is 10.1 Å². The van der Waals surface area contributed by atoms with Crippen molar-refractivity contribution in [3.05, 3.63) is 108 Å². The van der Waals surface area contributed by atoms with Gasteiger partial charge in [-0.05, 0) is 109 Å². The van der Waals surface area contributed by atoms with Crippen molar-refractivity contribution in [2.75, 3.05) is 0 Å². The minimum atomic E-state index is -0.435. The van der Waals surface area contributed by atoms with E-state index in [9.17, 15) is 9.18 Å². The topological polar surface area (TPSA) is 50.7 Å². The number of hydrogen-bond donors (Lipinski definition) is 1. The van der Waals surface area contributed by atoms with E-state index in [1.54, 1.807) is 18.2 Å². The van der Waals surface area contributed by atoms with Crippen molar-refractivity contribution in [3.8, 4) is 5.75 Å². The van der Waals surface area contributed by atoms with E-state index < -0.39 is 5.82 Å². The summed E-state index contributed by atoms with van der Waals surface area (Å²) >= 11 is 5.70. The van der Waals surface area contributed by atoms with Crippen LogP contribution in [0.3, 0.4) is 0 Å². The summed E-state index contributed by atoms with van der Waals surface area (Å²) in [6, 6.07) is 24.7. The maximum Gasteiger partial charge on any atom is 0.264 e. The number of amidine groups is 1. The van der Waals surface area contributed by atoms with Gasteiger partial charge in [0.15, 0.2) is 5.17 Å². The first-order chi connectivity index (χ1) is 17.0. The molecule has 4 nitrogen and oxygen atoms in total. The van der Waals surface area contributed by atoms with Crippen molar-refractivity contribution >= 4 is 90.6 Å². The molecule has 4 aromatic carbocycles. The van der Waals surface area contributed by atoms with E-state index in [-0.39, 0.29) is 11.6 Å². The fourth-order valence-corrected chi connectivity index (χ4v) is 6.62. The number of carbonyl (C=O) groups is 1. The molecule has 35 heavy (non-hydrogen) atoms. The molecule has 0 spiro atoms. The summed E-state index contributed by atoms with van der Waals surface area (Å²) in [4.78, 5) is 17.2. The summed E-state index contributed by atoms with van der Waals surface area (Å²) in [5, 5.41) is 5.42. The Balaban J connectivity index is 1.35. The Labute approximate surface area is 233 Å². The summed E-state index contributed by atoms with van der Waals surface area (Å²) in [6.45, 7) is 0.460. The van der Waals surface area contributed by atoms with Crippen molar-refractivity contribution in [1.82, 2.24) is 5.32 Å². The standard InChI is InChI=1S/C27H17FI2N2O2S/c28-20-10-3-4-11-23(20)31-27-32-26(33)24(35-27)14-16-12-21(29)25(22(30)13-16)34-15-18-8-5-7-17-6-1-2-9-19(17)18/h1-14H,15H2,(H,31,32,33)/b24-14-. The first kappa shape index (κ1) is 24.3. The number of aliphatic imine (C=N–C) groups is 1. The molecule has 1 amide bonds. The lowest BCUT2D eigenvalue weighted by atomic mass is 10.1. The van der Waals surface area contributed by atoms with E-state index in [4.69, 9.17) is 4.74 Å². The van der Waals surface area contributed by atoms with Gasteiger partial charge in [-0.15, -0.1) is 0 Å². The zero-order valence-corrected chi connectivity index (χ0v) is 23.2. The van der Waals surface area contributed by atoms with Crippen LogP contribution in [0.4, 0.5) is 10.1 Å². The molecule has 1 fully saturated rings. The van der Waals surface area contributed by atoms with Crippen LogP contribution in [0.2, 0.25) is 0 Å². The predicted molar refractivity (Wildman–Crippen MR) is 157 cm³/mol. The van der Waals surface area contributed by atoms with Crippen molar-refractivity contribution in [2.24, 2.45) is 4.99 Å². The number of hydrogen-bond acceptors (Lipinski definition) is 4. The van der Waals surface area contributed by atoms with Crippen LogP contribution in [0.15, 0.2) is 88.8 Å². The number of nitrogens with zero attached hydrogens (tertiary/aromatic N) is 1. The van der Waals surface area contributed by atoms with Gasteiger partial charge < -0.3 is 10.1 Å². The van der Waals surface area contributed by atoms with E-state index in [0.717, 1.165) is 24.0 Å². The Morgan fingerprint density at radius 2 is 1.69 bits per heavy atom. The highest BCUT2D eigenvalue weighted by molar-refractivity contribution is 14.1. The number of nitrogens with one attached hydrogen (secondary N) is 1. The molecule has 0 aliphatic carbocycles. The minimum Gasteiger partial charge on any atom is -0.487 e. The molecule has 8 heteroatoms. The van der Waals surface area contributed by atoms with Crippen LogP contribution in [-0.2, 0) is 11.4 Å². The molecule has 0 atom stereocenters. The average Bonchev–Trinajstić information content (AvgIpc) is 3.18. The van der Waals surface area contributed by atoms with Crippen molar-refractivity contribution in [1.29, 1.82) is 0 Å². The first-order valence-electron chi connectivity index (χ1n) is 10.6. The van der Waals surface area contributed by atoms with Gasteiger partial charge in [0.2, 0.25) is 0 Å². The Morgan fingerprint density at radius 1 is 0.971 bits per heavy atom. The molecule has 0 unspecified atom stereocenters. The van der Waals surface area contributed by atoms with Crippen LogP contribution in [0.5, 0.6) is 5.75 Å². The van der Waals surface area contributed by atoms with Crippen molar-refractivity contribution in [2.45, 2.75) is 6.61 Å². The largest absolute Gasteiger partial charge is 0.487 e. The smallest absolute Gasteiger partial charge is 0.264 e. The molecule has 0 radical (unpaired) electrons. The van der Waals surface area contributed by atoms with Crippen LogP contribution in [0.25, 0.3) is 16.8 Å². The van der Waals surface area contributed by atoms with Gasteiger partial charge in [-0.1, -0.05) is 54.6 Å². The number of para-hydroxylation sites is 1. The highest BCUT2D eigenvalue weighted by atomic mass is 127. The van der Waals surface area contributed by atoms with E-state index >= 15 is 0 Å². The first-order valence-corrected chi connectivity index (χ1v) is 13.6. The fourth-order valence-electron chi connectivity index (χ4n) is 3.65. The number of benzene rings is 4.